The number of anilines is 1. The van der Waals surface area contributed by atoms with Crippen LogP contribution in [0, 0.1) is 5.92 Å². The van der Waals surface area contributed by atoms with Crippen LogP contribution >= 0.6 is 0 Å². The Hall–Kier alpha value is -3.09. The van der Waals surface area contributed by atoms with Crippen molar-refractivity contribution >= 4 is 23.5 Å². The normalized spacial score (nSPS) is 14.6. The van der Waals surface area contributed by atoms with Crippen molar-refractivity contribution in [3.63, 3.8) is 0 Å². The van der Waals surface area contributed by atoms with E-state index < -0.39 is 5.97 Å². The second kappa shape index (κ2) is 8.94. The van der Waals surface area contributed by atoms with Crippen molar-refractivity contribution in [3.8, 4) is 0 Å². The number of aryl methyl sites for hydroxylation is 2. The van der Waals surface area contributed by atoms with Crippen molar-refractivity contribution in [1.29, 1.82) is 0 Å². The predicted molar refractivity (Wildman–Crippen MR) is 108 cm³/mol. The Labute approximate surface area is 169 Å². The molecule has 7 nitrogen and oxygen atoms in total. The topological polar surface area (TPSA) is 99.9 Å². The second-order valence-corrected chi connectivity index (χ2v) is 7.20. The highest BCUT2D eigenvalue weighted by Gasteiger charge is 2.27. The van der Waals surface area contributed by atoms with Crippen LogP contribution in [0.5, 0.6) is 0 Å². The Bertz CT molecular complexity index is 871. The van der Waals surface area contributed by atoms with E-state index in [1.165, 1.54) is 0 Å². The fourth-order valence-corrected chi connectivity index (χ4v) is 3.58. The van der Waals surface area contributed by atoms with Gasteiger partial charge in [-0.1, -0.05) is 13.8 Å². The molecule has 0 radical (unpaired) electrons. The number of rotatable bonds is 6. The zero-order valence-corrected chi connectivity index (χ0v) is 16.7. The van der Waals surface area contributed by atoms with Crippen molar-refractivity contribution in [3.05, 3.63) is 53.0 Å². The number of nitrogens with one attached hydrogen (secondary N) is 1. The van der Waals surface area contributed by atoms with Crippen molar-refractivity contribution in [1.82, 2.24) is 4.90 Å². The van der Waals surface area contributed by atoms with Crippen LogP contribution in [-0.4, -0.2) is 40.9 Å². The molecule has 0 unspecified atom stereocenters. The Morgan fingerprint density at radius 3 is 2.28 bits per heavy atom. The highest BCUT2D eigenvalue weighted by Crippen LogP contribution is 2.21. The SMILES string of the molecule is CCc1cc(C(=O)Nc2ccc(C(=O)N3CCC(C(=O)O)CC3)cc2)oc1CC. The van der Waals surface area contributed by atoms with E-state index in [-0.39, 0.29) is 23.5 Å². The van der Waals surface area contributed by atoms with Crippen LogP contribution in [-0.2, 0) is 17.6 Å². The van der Waals surface area contributed by atoms with Gasteiger partial charge in [-0.2, -0.15) is 0 Å². The Morgan fingerprint density at radius 1 is 1.10 bits per heavy atom. The van der Waals surface area contributed by atoms with Gasteiger partial charge in [0.2, 0.25) is 0 Å². The molecule has 1 aliphatic heterocycles. The smallest absolute Gasteiger partial charge is 0.306 e. The molecule has 2 N–H and O–H groups in total. The lowest BCUT2D eigenvalue weighted by molar-refractivity contribution is -0.143. The third-order valence-corrected chi connectivity index (χ3v) is 5.34. The first-order valence-corrected chi connectivity index (χ1v) is 9.98. The number of carboxylic acid groups (broad SMARTS) is 1. The lowest BCUT2D eigenvalue weighted by Gasteiger charge is -2.30. The molecule has 1 saturated heterocycles. The molecule has 2 aromatic rings. The molecule has 0 spiro atoms. The first kappa shape index (κ1) is 20.6. The van der Waals surface area contributed by atoms with E-state index in [1.54, 1.807) is 35.2 Å². The van der Waals surface area contributed by atoms with Gasteiger partial charge in [-0.3, -0.25) is 14.4 Å². The minimum atomic E-state index is -0.800. The van der Waals surface area contributed by atoms with E-state index in [9.17, 15) is 14.4 Å². The minimum absolute atomic E-state index is 0.127. The third kappa shape index (κ3) is 4.67. The van der Waals surface area contributed by atoms with E-state index in [2.05, 4.69) is 5.32 Å². The van der Waals surface area contributed by atoms with Crippen LogP contribution < -0.4 is 5.32 Å². The fraction of sp³-hybridized carbons (Fsp3) is 0.409. The second-order valence-electron chi connectivity index (χ2n) is 7.20. The van der Waals surface area contributed by atoms with Crippen LogP contribution in [0.4, 0.5) is 5.69 Å². The van der Waals surface area contributed by atoms with Gasteiger partial charge >= 0.3 is 5.97 Å². The van der Waals surface area contributed by atoms with E-state index >= 15 is 0 Å². The lowest BCUT2D eigenvalue weighted by atomic mass is 9.96. The van der Waals surface area contributed by atoms with Crippen molar-refractivity contribution in [2.45, 2.75) is 39.5 Å². The van der Waals surface area contributed by atoms with Gasteiger partial charge in [-0.15, -0.1) is 0 Å². The minimum Gasteiger partial charge on any atom is -0.481 e. The molecule has 0 atom stereocenters. The monoisotopic (exact) mass is 398 g/mol. The van der Waals surface area contributed by atoms with Crippen molar-refractivity contribution in [2.24, 2.45) is 5.92 Å². The summed E-state index contributed by atoms with van der Waals surface area (Å²) in [6.07, 6.45) is 2.48. The summed E-state index contributed by atoms with van der Waals surface area (Å²) in [5.41, 5.74) is 2.12. The molecule has 7 heteroatoms. The van der Waals surface area contributed by atoms with Crippen LogP contribution in [0.1, 0.15) is 58.9 Å². The summed E-state index contributed by atoms with van der Waals surface area (Å²) in [6.45, 7) is 4.88. The average Bonchev–Trinajstić information content (AvgIpc) is 3.17. The van der Waals surface area contributed by atoms with Gasteiger partial charge < -0.3 is 19.7 Å². The molecule has 154 valence electrons. The average molecular weight is 398 g/mol. The molecule has 3 rings (SSSR count). The van der Waals surface area contributed by atoms with Crippen LogP contribution in [0.15, 0.2) is 34.7 Å². The van der Waals surface area contributed by atoms with E-state index in [0.717, 1.165) is 24.2 Å². The van der Waals surface area contributed by atoms with E-state index in [0.29, 0.717) is 37.2 Å². The highest BCUT2D eigenvalue weighted by atomic mass is 16.4. The number of aliphatic carboxylic acids is 1. The van der Waals surface area contributed by atoms with Gasteiger partial charge in [0.25, 0.3) is 11.8 Å². The van der Waals surface area contributed by atoms with Gasteiger partial charge in [-0.05, 0) is 55.2 Å². The maximum Gasteiger partial charge on any atom is 0.306 e. The quantitative estimate of drug-likeness (QED) is 0.775. The van der Waals surface area contributed by atoms with Crippen LogP contribution in [0.3, 0.4) is 0 Å². The third-order valence-electron chi connectivity index (χ3n) is 5.34. The molecule has 0 saturated carbocycles. The van der Waals surface area contributed by atoms with Gasteiger partial charge in [0, 0.05) is 30.8 Å². The summed E-state index contributed by atoms with van der Waals surface area (Å²) in [4.78, 5) is 37.8. The lowest BCUT2D eigenvalue weighted by Crippen LogP contribution is -2.40. The molecular formula is C22H26N2O5. The molecule has 1 aromatic carbocycles. The first-order chi connectivity index (χ1) is 13.9. The summed E-state index contributed by atoms with van der Waals surface area (Å²) >= 11 is 0. The summed E-state index contributed by atoms with van der Waals surface area (Å²) in [7, 11) is 0. The fourth-order valence-electron chi connectivity index (χ4n) is 3.58. The maximum atomic E-state index is 12.6. The van der Waals surface area contributed by atoms with Crippen molar-refractivity contribution < 1.29 is 23.9 Å². The molecule has 0 aliphatic carbocycles. The zero-order chi connectivity index (χ0) is 21.0. The Balaban J connectivity index is 1.61. The van der Waals surface area contributed by atoms with Gasteiger partial charge in [-0.25, -0.2) is 0 Å². The van der Waals surface area contributed by atoms with E-state index in [4.69, 9.17) is 9.52 Å². The van der Waals surface area contributed by atoms with E-state index in [1.807, 2.05) is 13.8 Å². The number of carboxylic acids is 1. The highest BCUT2D eigenvalue weighted by molar-refractivity contribution is 6.03. The first-order valence-electron chi connectivity index (χ1n) is 9.98. The number of carbonyl (C=O) groups excluding carboxylic acids is 2. The molecule has 1 aliphatic rings. The number of likely N-dealkylation sites (tertiary alicyclic amines) is 1. The molecule has 1 fully saturated rings. The maximum absolute atomic E-state index is 12.6. The number of nitrogens with zero attached hydrogens (tertiary/aromatic N) is 1. The molecule has 29 heavy (non-hydrogen) atoms. The summed E-state index contributed by atoms with van der Waals surface area (Å²) in [5.74, 6) is -0.525. The van der Waals surface area contributed by atoms with Crippen LogP contribution in [0.25, 0.3) is 0 Å². The summed E-state index contributed by atoms with van der Waals surface area (Å²) in [5, 5.41) is 11.9. The van der Waals surface area contributed by atoms with Gasteiger partial charge in [0.1, 0.15) is 5.76 Å². The summed E-state index contributed by atoms with van der Waals surface area (Å²) < 4.78 is 5.64. The van der Waals surface area contributed by atoms with Gasteiger partial charge in [0.15, 0.2) is 5.76 Å². The number of benzene rings is 1. The number of amides is 2. The number of hydrogen-bond acceptors (Lipinski definition) is 4. The molecule has 0 bridgehead atoms. The standard InChI is InChI=1S/C22H26N2O5/c1-3-14-13-19(29-18(14)4-2)20(25)23-17-7-5-15(6-8-17)21(26)24-11-9-16(10-12-24)22(27)28/h5-8,13,16H,3-4,9-12H2,1-2H3,(H,23,25)(H,27,28). The number of hydrogen-bond donors (Lipinski definition) is 2. The number of furan rings is 1. The van der Waals surface area contributed by atoms with Gasteiger partial charge in [0.05, 0.1) is 5.92 Å². The molecule has 2 heterocycles. The predicted octanol–water partition coefficient (Wildman–Crippen LogP) is 3.59. The zero-order valence-electron chi connectivity index (χ0n) is 16.7. The number of carbonyl (C=O) groups is 3. The molecular weight excluding hydrogens is 372 g/mol. The summed E-state index contributed by atoms with van der Waals surface area (Å²) in [6, 6.07) is 8.46. The Morgan fingerprint density at radius 2 is 1.76 bits per heavy atom. The number of piperidine rings is 1. The molecule has 1 aromatic heterocycles. The van der Waals surface area contributed by atoms with Crippen molar-refractivity contribution in [2.75, 3.05) is 18.4 Å². The Kier molecular flexibility index (Phi) is 6.36. The molecule has 2 amide bonds. The van der Waals surface area contributed by atoms with Crippen LogP contribution in [0.2, 0.25) is 0 Å². The largest absolute Gasteiger partial charge is 0.481 e.